The Morgan fingerprint density at radius 3 is 2.96 bits per heavy atom. The zero-order valence-electron chi connectivity index (χ0n) is 15.4. The standard InChI is InChI=1S/C20H25N5O2/c26-19-8-1-2-11-24(19)16-6-3-5-15(13-16)22-20(27)18-9-12-25(23-18)17-7-4-10-21-14-17/h3,5-6,9,12-13,17,21H,1-2,4,7-8,10-11,14H2,(H,22,27). The van der Waals surface area contributed by atoms with Gasteiger partial charge in [-0.25, -0.2) is 0 Å². The van der Waals surface area contributed by atoms with Crippen molar-refractivity contribution in [1.82, 2.24) is 15.1 Å². The predicted octanol–water partition coefficient (Wildman–Crippen LogP) is 2.58. The highest BCUT2D eigenvalue weighted by molar-refractivity contribution is 6.03. The highest BCUT2D eigenvalue weighted by atomic mass is 16.2. The molecule has 2 aromatic rings. The molecule has 2 saturated heterocycles. The van der Waals surface area contributed by atoms with E-state index in [1.807, 2.05) is 35.1 Å². The van der Waals surface area contributed by atoms with Crippen molar-refractivity contribution in [2.45, 2.75) is 38.1 Å². The second kappa shape index (κ2) is 7.92. The minimum atomic E-state index is -0.236. The molecule has 2 aliphatic rings. The van der Waals surface area contributed by atoms with Crippen molar-refractivity contribution in [3.8, 4) is 0 Å². The van der Waals surface area contributed by atoms with Crippen LogP contribution in [0, 0.1) is 0 Å². The van der Waals surface area contributed by atoms with Crippen LogP contribution in [-0.2, 0) is 4.79 Å². The van der Waals surface area contributed by atoms with E-state index in [9.17, 15) is 9.59 Å². The molecule has 0 spiro atoms. The maximum Gasteiger partial charge on any atom is 0.276 e. The van der Waals surface area contributed by atoms with Crippen LogP contribution in [0.5, 0.6) is 0 Å². The van der Waals surface area contributed by atoms with Crippen molar-refractivity contribution < 1.29 is 9.59 Å². The number of amides is 2. The summed E-state index contributed by atoms with van der Waals surface area (Å²) in [6.07, 6.45) is 6.61. The monoisotopic (exact) mass is 367 g/mol. The third-order valence-electron chi connectivity index (χ3n) is 5.23. The van der Waals surface area contributed by atoms with Gasteiger partial charge in [-0.2, -0.15) is 5.10 Å². The summed E-state index contributed by atoms with van der Waals surface area (Å²) in [5.41, 5.74) is 1.90. The first kappa shape index (κ1) is 17.7. The molecule has 7 heteroatoms. The molecule has 2 fully saturated rings. The number of benzene rings is 1. The second-order valence-electron chi connectivity index (χ2n) is 7.19. The summed E-state index contributed by atoms with van der Waals surface area (Å²) < 4.78 is 1.88. The number of aromatic nitrogens is 2. The van der Waals surface area contributed by atoms with Crippen LogP contribution >= 0.6 is 0 Å². The Hall–Kier alpha value is -2.67. The van der Waals surface area contributed by atoms with Gasteiger partial charge in [0.2, 0.25) is 5.91 Å². The summed E-state index contributed by atoms with van der Waals surface area (Å²) >= 11 is 0. The molecule has 1 aromatic carbocycles. The lowest BCUT2D eigenvalue weighted by Gasteiger charge is -2.27. The van der Waals surface area contributed by atoms with Crippen LogP contribution in [0.4, 0.5) is 11.4 Å². The largest absolute Gasteiger partial charge is 0.321 e. The lowest BCUT2D eigenvalue weighted by Crippen LogP contribution is -2.35. The second-order valence-corrected chi connectivity index (χ2v) is 7.19. The van der Waals surface area contributed by atoms with Gasteiger partial charge in [0.15, 0.2) is 5.69 Å². The number of nitrogens with one attached hydrogen (secondary N) is 2. The number of rotatable bonds is 4. The molecule has 1 unspecified atom stereocenters. The highest BCUT2D eigenvalue weighted by Crippen LogP contribution is 2.24. The minimum Gasteiger partial charge on any atom is -0.321 e. The maximum atomic E-state index is 12.6. The molecule has 0 aliphatic carbocycles. The lowest BCUT2D eigenvalue weighted by atomic mass is 10.1. The summed E-state index contributed by atoms with van der Waals surface area (Å²) in [4.78, 5) is 26.5. The Balaban J connectivity index is 1.44. The number of hydrogen-bond donors (Lipinski definition) is 2. The van der Waals surface area contributed by atoms with Crippen LogP contribution in [0.3, 0.4) is 0 Å². The number of hydrogen-bond acceptors (Lipinski definition) is 4. The Kier molecular flexibility index (Phi) is 5.20. The van der Waals surface area contributed by atoms with E-state index in [1.165, 1.54) is 0 Å². The summed E-state index contributed by atoms with van der Waals surface area (Å²) in [7, 11) is 0. The third-order valence-corrected chi connectivity index (χ3v) is 5.23. The van der Waals surface area contributed by atoms with Gasteiger partial charge < -0.3 is 15.5 Å². The molecule has 0 saturated carbocycles. The molecule has 1 atom stereocenters. The van der Waals surface area contributed by atoms with Gasteiger partial charge in [-0.3, -0.25) is 14.3 Å². The maximum absolute atomic E-state index is 12.6. The molecule has 2 aliphatic heterocycles. The molecule has 1 aromatic heterocycles. The smallest absolute Gasteiger partial charge is 0.276 e. The van der Waals surface area contributed by atoms with Gasteiger partial charge >= 0.3 is 0 Å². The van der Waals surface area contributed by atoms with Crippen LogP contribution in [0.15, 0.2) is 36.5 Å². The molecule has 0 bridgehead atoms. The van der Waals surface area contributed by atoms with E-state index in [1.54, 1.807) is 11.0 Å². The number of anilines is 2. The number of carbonyl (C=O) groups is 2. The van der Waals surface area contributed by atoms with E-state index in [0.29, 0.717) is 23.8 Å². The molecule has 4 rings (SSSR count). The Morgan fingerprint density at radius 2 is 2.15 bits per heavy atom. The predicted molar refractivity (Wildman–Crippen MR) is 104 cm³/mol. The van der Waals surface area contributed by atoms with Crippen LogP contribution in [0.2, 0.25) is 0 Å². The van der Waals surface area contributed by atoms with Gasteiger partial charge in [-0.1, -0.05) is 6.07 Å². The zero-order chi connectivity index (χ0) is 18.6. The molecule has 142 valence electrons. The van der Waals surface area contributed by atoms with Crippen molar-refractivity contribution in [2.24, 2.45) is 0 Å². The fourth-order valence-electron chi connectivity index (χ4n) is 3.75. The van der Waals surface area contributed by atoms with E-state index in [2.05, 4.69) is 15.7 Å². The van der Waals surface area contributed by atoms with E-state index in [4.69, 9.17) is 0 Å². The summed E-state index contributed by atoms with van der Waals surface area (Å²) in [6.45, 7) is 2.66. The van der Waals surface area contributed by atoms with Crippen LogP contribution < -0.4 is 15.5 Å². The number of carbonyl (C=O) groups excluding carboxylic acids is 2. The number of piperidine rings is 2. The quantitative estimate of drug-likeness (QED) is 0.871. The Bertz CT molecular complexity index is 825. The lowest BCUT2D eigenvalue weighted by molar-refractivity contribution is -0.119. The van der Waals surface area contributed by atoms with Gasteiger partial charge in [-0.15, -0.1) is 0 Å². The zero-order valence-corrected chi connectivity index (χ0v) is 15.4. The topological polar surface area (TPSA) is 79.3 Å². The van der Waals surface area contributed by atoms with Gasteiger partial charge in [-0.05, 0) is 56.5 Å². The van der Waals surface area contributed by atoms with Gasteiger partial charge in [0, 0.05) is 37.1 Å². The van der Waals surface area contributed by atoms with Crippen LogP contribution in [-0.4, -0.2) is 41.2 Å². The van der Waals surface area contributed by atoms with Gasteiger partial charge in [0.05, 0.1) is 6.04 Å². The van der Waals surface area contributed by atoms with E-state index < -0.39 is 0 Å². The average Bonchev–Trinajstić information content (AvgIpc) is 3.20. The first-order chi connectivity index (χ1) is 13.2. The van der Waals surface area contributed by atoms with Crippen LogP contribution in [0.1, 0.15) is 48.6 Å². The summed E-state index contributed by atoms with van der Waals surface area (Å²) in [5.74, 6) is -0.0933. The van der Waals surface area contributed by atoms with E-state index >= 15 is 0 Å². The van der Waals surface area contributed by atoms with Gasteiger partial charge in [0.1, 0.15) is 0 Å². The molecule has 3 heterocycles. The van der Waals surface area contributed by atoms with Crippen molar-refractivity contribution in [2.75, 3.05) is 29.9 Å². The summed E-state index contributed by atoms with van der Waals surface area (Å²) in [6, 6.07) is 9.50. The van der Waals surface area contributed by atoms with Gasteiger partial charge in [0.25, 0.3) is 5.91 Å². The fourth-order valence-corrected chi connectivity index (χ4v) is 3.75. The fraction of sp³-hybridized carbons (Fsp3) is 0.450. The van der Waals surface area contributed by atoms with Crippen LogP contribution in [0.25, 0.3) is 0 Å². The average molecular weight is 367 g/mol. The number of nitrogens with zero attached hydrogens (tertiary/aromatic N) is 3. The molecule has 0 radical (unpaired) electrons. The Morgan fingerprint density at radius 1 is 1.22 bits per heavy atom. The normalized spacial score (nSPS) is 20.5. The first-order valence-corrected chi connectivity index (χ1v) is 9.68. The van der Waals surface area contributed by atoms with E-state index in [0.717, 1.165) is 51.0 Å². The highest BCUT2D eigenvalue weighted by Gasteiger charge is 2.21. The van der Waals surface area contributed by atoms with Crippen molar-refractivity contribution in [3.05, 3.63) is 42.2 Å². The van der Waals surface area contributed by atoms with E-state index in [-0.39, 0.29) is 11.8 Å². The van der Waals surface area contributed by atoms with Crippen molar-refractivity contribution >= 4 is 23.2 Å². The van der Waals surface area contributed by atoms with Crippen molar-refractivity contribution in [3.63, 3.8) is 0 Å². The molecular formula is C20H25N5O2. The molecule has 27 heavy (non-hydrogen) atoms. The molecule has 2 amide bonds. The minimum absolute atomic E-state index is 0.143. The SMILES string of the molecule is O=C(Nc1cccc(N2CCCCC2=O)c1)c1ccn(C2CCCNC2)n1. The van der Waals surface area contributed by atoms with Crippen molar-refractivity contribution in [1.29, 1.82) is 0 Å². The first-order valence-electron chi connectivity index (χ1n) is 9.68. The summed E-state index contributed by atoms with van der Waals surface area (Å²) in [5, 5.41) is 10.7. The molecule has 2 N–H and O–H groups in total. The third kappa shape index (κ3) is 4.03. The Labute approximate surface area is 158 Å². The molecular weight excluding hydrogens is 342 g/mol. The molecule has 7 nitrogen and oxygen atoms in total.